The molecule has 4 N–H and O–H groups in total. The number of anilines is 2. The molecule has 222 valence electrons. The van der Waals surface area contributed by atoms with Gasteiger partial charge in [0.05, 0.1) is 24.9 Å². The predicted molar refractivity (Wildman–Crippen MR) is 138 cm³/mol. The van der Waals surface area contributed by atoms with Crippen molar-refractivity contribution >= 4 is 41.0 Å². The Hall–Kier alpha value is -4.34. The van der Waals surface area contributed by atoms with Crippen LogP contribution in [0.4, 0.5) is 24.5 Å². The van der Waals surface area contributed by atoms with E-state index in [0.717, 1.165) is 13.0 Å². The van der Waals surface area contributed by atoms with E-state index in [-0.39, 0.29) is 24.7 Å². The smallest absolute Gasteiger partial charge is 0.475 e. The molecule has 0 atom stereocenters. The molecule has 0 saturated carbocycles. The Labute approximate surface area is 228 Å². The number of carbonyl (C=O) groups excluding carboxylic acids is 4. The predicted octanol–water partition coefficient (Wildman–Crippen LogP) is 1.82. The number of esters is 1. The molecule has 0 spiro atoms. The Morgan fingerprint density at radius 3 is 1.90 bits per heavy atom. The van der Waals surface area contributed by atoms with Crippen molar-refractivity contribution in [3.63, 3.8) is 0 Å². The number of aliphatic carboxylic acids is 1. The standard InChI is InChI=1S/C22H32N6O5.C2HF3O2/c1-26(2)10-6-9-23-21(31)17-12-16(14-27(17)3)25-22(32)18-11-15(13-28(18)4)24-19(29)7-8-20(30)33-5;3-2(4,5)1(6)7/h11-14H,6-10H2,1-5H3,(H,23,31)(H,24,29)(H,25,32);(H,6,7). The summed E-state index contributed by atoms with van der Waals surface area (Å²) >= 11 is 0. The summed E-state index contributed by atoms with van der Waals surface area (Å²) < 4.78 is 39.5. The summed E-state index contributed by atoms with van der Waals surface area (Å²) in [5.41, 5.74) is 1.66. The number of carboxylic acid groups (broad SMARTS) is 1. The highest BCUT2D eigenvalue weighted by Crippen LogP contribution is 2.18. The largest absolute Gasteiger partial charge is 0.490 e. The molecule has 2 rings (SSSR count). The van der Waals surface area contributed by atoms with Crippen molar-refractivity contribution in [2.75, 3.05) is 44.9 Å². The molecule has 0 bridgehead atoms. The van der Waals surface area contributed by atoms with Crippen molar-refractivity contribution in [2.45, 2.75) is 25.4 Å². The molecule has 3 amide bonds. The van der Waals surface area contributed by atoms with Gasteiger partial charge in [-0.2, -0.15) is 13.2 Å². The number of methoxy groups -OCH3 is 1. The van der Waals surface area contributed by atoms with Crippen LogP contribution in [0.25, 0.3) is 0 Å². The zero-order chi connectivity index (χ0) is 30.6. The Bertz CT molecular complexity index is 1200. The third-order valence-corrected chi connectivity index (χ3v) is 5.11. The van der Waals surface area contributed by atoms with Crippen LogP contribution in [-0.4, -0.2) is 89.3 Å². The van der Waals surface area contributed by atoms with Gasteiger partial charge in [0.15, 0.2) is 0 Å². The summed E-state index contributed by atoms with van der Waals surface area (Å²) in [6.07, 6.45) is -1.04. The Kier molecular flexibility index (Phi) is 12.9. The average molecular weight is 575 g/mol. The number of nitrogens with zero attached hydrogens (tertiary/aromatic N) is 3. The number of hydrogen-bond donors (Lipinski definition) is 4. The SMILES string of the molecule is COC(=O)CCC(=O)Nc1cc(C(=O)Nc2cc(C(=O)NCCCN(C)C)n(C)c2)n(C)c1.O=C(O)C(F)(F)F. The summed E-state index contributed by atoms with van der Waals surface area (Å²) in [6.45, 7) is 1.43. The van der Waals surface area contributed by atoms with E-state index in [0.29, 0.717) is 29.3 Å². The third kappa shape index (κ3) is 11.6. The van der Waals surface area contributed by atoms with Crippen LogP contribution in [0.15, 0.2) is 24.5 Å². The minimum atomic E-state index is -5.08. The fraction of sp³-hybridized carbons (Fsp3) is 0.458. The van der Waals surface area contributed by atoms with E-state index >= 15 is 0 Å². The summed E-state index contributed by atoms with van der Waals surface area (Å²) in [4.78, 5) is 59.2. The van der Waals surface area contributed by atoms with Crippen LogP contribution < -0.4 is 16.0 Å². The molecule has 0 aliphatic heterocycles. The molecule has 0 aliphatic carbocycles. The maximum Gasteiger partial charge on any atom is 0.490 e. The Morgan fingerprint density at radius 2 is 1.43 bits per heavy atom. The second kappa shape index (κ2) is 15.3. The lowest BCUT2D eigenvalue weighted by atomic mass is 10.3. The fourth-order valence-corrected chi connectivity index (χ4v) is 3.14. The molecule has 40 heavy (non-hydrogen) atoms. The van der Waals surface area contributed by atoms with Crippen molar-refractivity contribution in [1.29, 1.82) is 0 Å². The maximum absolute atomic E-state index is 12.7. The third-order valence-electron chi connectivity index (χ3n) is 5.11. The van der Waals surface area contributed by atoms with Gasteiger partial charge in [0.1, 0.15) is 11.4 Å². The van der Waals surface area contributed by atoms with Gasteiger partial charge < -0.3 is 39.8 Å². The molecule has 0 saturated heterocycles. The minimum absolute atomic E-state index is 0.0207. The zero-order valence-electron chi connectivity index (χ0n) is 22.7. The van der Waals surface area contributed by atoms with Crippen LogP contribution in [0.2, 0.25) is 0 Å². The number of aromatic nitrogens is 2. The van der Waals surface area contributed by atoms with Gasteiger partial charge in [0.2, 0.25) is 5.91 Å². The number of rotatable bonds is 11. The molecule has 2 aromatic rings. The average Bonchev–Trinajstić information content (AvgIpc) is 3.40. The fourth-order valence-electron chi connectivity index (χ4n) is 3.14. The van der Waals surface area contributed by atoms with Gasteiger partial charge >= 0.3 is 18.1 Å². The van der Waals surface area contributed by atoms with Gasteiger partial charge in [0.25, 0.3) is 11.8 Å². The normalized spacial score (nSPS) is 10.8. The highest BCUT2D eigenvalue weighted by atomic mass is 19.4. The lowest BCUT2D eigenvalue weighted by Gasteiger charge is -2.10. The number of aryl methyl sites for hydroxylation is 2. The minimum Gasteiger partial charge on any atom is -0.475 e. The van der Waals surface area contributed by atoms with E-state index in [1.807, 2.05) is 19.0 Å². The summed E-state index contributed by atoms with van der Waals surface area (Å²) in [5, 5.41) is 15.4. The van der Waals surface area contributed by atoms with E-state index in [2.05, 4.69) is 20.7 Å². The van der Waals surface area contributed by atoms with Gasteiger partial charge in [-0.1, -0.05) is 0 Å². The van der Waals surface area contributed by atoms with Gasteiger partial charge in [-0.25, -0.2) is 4.79 Å². The van der Waals surface area contributed by atoms with E-state index < -0.39 is 24.0 Å². The molecule has 0 aromatic carbocycles. The molecule has 0 aliphatic rings. The topological polar surface area (TPSA) is 164 Å². The van der Waals surface area contributed by atoms with Crippen LogP contribution in [0.1, 0.15) is 40.2 Å². The highest BCUT2D eigenvalue weighted by Gasteiger charge is 2.38. The van der Waals surface area contributed by atoms with Crippen LogP contribution in [0, 0.1) is 0 Å². The number of halogens is 3. The van der Waals surface area contributed by atoms with E-state index in [1.165, 1.54) is 13.2 Å². The number of amides is 3. The van der Waals surface area contributed by atoms with Crippen molar-refractivity contribution in [3.05, 3.63) is 35.9 Å². The first-order valence-electron chi connectivity index (χ1n) is 11.8. The van der Waals surface area contributed by atoms with Gasteiger partial charge in [-0.3, -0.25) is 19.2 Å². The quantitative estimate of drug-likeness (QED) is 0.233. The second-order valence-corrected chi connectivity index (χ2v) is 8.74. The molecule has 0 fully saturated rings. The van der Waals surface area contributed by atoms with Crippen molar-refractivity contribution < 1.29 is 47.0 Å². The van der Waals surface area contributed by atoms with E-state index in [1.54, 1.807) is 41.7 Å². The molecule has 16 heteroatoms. The van der Waals surface area contributed by atoms with Crippen molar-refractivity contribution in [3.8, 4) is 0 Å². The molecular weight excluding hydrogens is 541 g/mol. The van der Waals surface area contributed by atoms with Crippen molar-refractivity contribution in [2.24, 2.45) is 14.1 Å². The highest BCUT2D eigenvalue weighted by molar-refractivity contribution is 6.05. The maximum atomic E-state index is 12.7. The first kappa shape index (κ1) is 33.7. The van der Waals surface area contributed by atoms with Crippen molar-refractivity contribution in [1.82, 2.24) is 19.4 Å². The number of hydrogen-bond acceptors (Lipinski definition) is 7. The van der Waals surface area contributed by atoms with Crippen LogP contribution in [0.5, 0.6) is 0 Å². The zero-order valence-corrected chi connectivity index (χ0v) is 22.7. The number of carboxylic acids is 1. The first-order valence-corrected chi connectivity index (χ1v) is 11.8. The van der Waals surface area contributed by atoms with Crippen LogP contribution in [0.3, 0.4) is 0 Å². The molecule has 0 radical (unpaired) electrons. The lowest BCUT2D eigenvalue weighted by Crippen LogP contribution is -2.28. The molecule has 13 nitrogen and oxygen atoms in total. The van der Waals surface area contributed by atoms with E-state index in [4.69, 9.17) is 9.90 Å². The number of carbonyl (C=O) groups is 5. The van der Waals surface area contributed by atoms with Gasteiger partial charge in [-0.15, -0.1) is 0 Å². The first-order chi connectivity index (χ1) is 18.5. The van der Waals surface area contributed by atoms with E-state index in [9.17, 15) is 32.3 Å². The summed E-state index contributed by atoms with van der Waals surface area (Å²) in [5.74, 6) is -4.19. The van der Waals surface area contributed by atoms with Crippen LogP contribution >= 0.6 is 0 Å². The molecule has 2 heterocycles. The summed E-state index contributed by atoms with van der Waals surface area (Å²) in [7, 11) is 8.62. The van der Waals surface area contributed by atoms with Gasteiger partial charge in [-0.05, 0) is 39.2 Å². The monoisotopic (exact) mass is 574 g/mol. The molecule has 0 unspecified atom stereocenters. The summed E-state index contributed by atoms with van der Waals surface area (Å²) in [6, 6.07) is 3.14. The van der Waals surface area contributed by atoms with Crippen LogP contribution in [-0.2, 0) is 33.2 Å². The second-order valence-electron chi connectivity index (χ2n) is 8.74. The Morgan fingerprint density at radius 1 is 0.925 bits per heavy atom. The number of nitrogens with one attached hydrogen (secondary N) is 3. The van der Waals surface area contributed by atoms with Gasteiger partial charge in [0, 0.05) is 39.5 Å². The molecular formula is C24H33F3N6O7. The lowest BCUT2D eigenvalue weighted by molar-refractivity contribution is -0.192. The molecule has 2 aromatic heterocycles. The number of alkyl halides is 3. The number of ether oxygens (including phenoxy) is 1. The Balaban J connectivity index is 0.00000101.